The first-order chi connectivity index (χ1) is 9.22. The highest BCUT2D eigenvalue weighted by atomic mass is 16.3. The van der Waals surface area contributed by atoms with E-state index in [1.54, 1.807) is 0 Å². The first-order valence-electron chi connectivity index (χ1n) is 7.76. The summed E-state index contributed by atoms with van der Waals surface area (Å²) in [6, 6.07) is 5.89. The number of hydrogen-bond acceptors (Lipinski definition) is 2. The quantitative estimate of drug-likeness (QED) is 0.845. The molecule has 0 radical (unpaired) electrons. The van der Waals surface area contributed by atoms with Crippen LogP contribution >= 0.6 is 0 Å². The van der Waals surface area contributed by atoms with Gasteiger partial charge in [-0.05, 0) is 74.4 Å². The van der Waals surface area contributed by atoms with Crippen LogP contribution in [0, 0.1) is 5.92 Å². The number of phenolic OH excluding ortho intramolecular Hbond substituents is 1. The van der Waals surface area contributed by atoms with Gasteiger partial charge in [-0.15, -0.1) is 0 Å². The maximum atomic E-state index is 9.53. The number of hydrogen-bond donors (Lipinski definition) is 1. The number of rotatable bonds is 6. The van der Waals surface area contributed by atoms with Crippen LogP contribution in [0.15, 0.2) is 18.2 Å². The molecule has 1 unspecified atom stereocenters. The molecule has 1 aromatic rings. The minimum atomic E-state index is 0.413. The first kappa shape index (κ1) is 14.4. The van der Waals surface area contributed by atoms with Crippen LogP contribution in [-0.2, 0) is 12.8 Å². The maximum Gasteiger partial charge on any atom is 0.115 e. The second-order valence-corrected chi connectivity index (χ2v) is 5.86. The predicted molar refractivity (Wildman–Crippen MR) is 80.6 cm³/mol. The molecule has 106 valence electrons. The van der Waals surface area contributed by atoms with Gasteiger partial charge in [0.25, 0.3) is 0 Å². The molecule has 0 saturated heterocycles. The zero-order valence-electron chi connectivity index (χ0n) is 12.4. The molecule has 0 aromatic heterocycles. The summed E-state index contributed by atoms with van der Waals surface area (Å²) in [6.07, 6.45) is 6.06. The fourth-order valence-electron chi connectivity index (χ4n) is 3.26. The third-order valence-corrected chi connectivity index (χ3v) is 4.12. The van der Waals surface area contributed by atoms with Gasteiger partial charge in [0, 0.05) is 6.54 Å². The number of nitrogens with zero attached hydrogens (tertiary/aromatic N) is 1. The highest BCUT2D eigenvalue weighted by molar-refractivity contribution is 5.36. The van der Waals surface area contributed by atoms with E-state index >= 15 is 0 Å². The van der Waals surface area contributed by atoms with Gasteiger partial charge in [-0.2, -0.15) is 0 Å². The number of aryl methyl sites for hydroxylation is 1. The van der Waals surface area contributed by atoms with Crippen molar-refractivity contribution in [1.29, 1.82) is 0 Å². The van der Waals surface area contributed by atoms with Crippen LogP contribution in [0.2, 0.25) is 0 Å². The van der Waals surface area contributed by atoms with Crippen molar-refractivity contribution in [3.05, 3.63) is 29.3 Å². The highest BCUT2D eigenvalue weighted by Gasteiger charge is 2.20. The zero-order valence-corrected chi connectivity index (χ0v) is 12.4. The molecule has 1 N–H and O–H groups in total. The molecule has 0 saturated carbocycles. The van der Waals surface area contributed by atoms with Gasteiger partial charge in [-0.3, -0.25) is 0 Å². The van der Waals surface area contributed by atoms with Crippen LogP contribution in [0.5, 0.6) is 5.75 Å². The Kier molecular flexibility index (Phi) is 5.26. The molecule has 0 heterocycles. The summed E-state index contributed by atoms with van der Waals surface area (Å²) >= 11 is 0. The zero-order chi connectivity index (χ0) is 13.7. The Labute approximate surface area is 117 Å². The van der Waals surface area contributed by atoms with Crippen molar-refractivity contribution < 1.29 is 5.11 Å². The van der Waals surface area contributed by atoms with Gasteiger partial charge in [-0.1, -0.05) is 19.9 Å². The number of aromatic hydroxyl groups is 1. The maximum absolute atomic E-state index is 9.53. The van der Waals surface area contributed by atoms with Crippen molar-refractivity contribution >= 4 is 0 Å². The van der Waals surface area contributed by atoms with E-state index in [2.05, 4.69) is 24.8 Å². The van der Waals surface area contributed by atoms with E-state index in [0.29, 0.717) is 5.75 Å². The lowest BCUT2D eigenvalue weighted by Gasteiger charge is -2.30. The smallest absolute Gasteiger partial charge is 0.115 e. The molecule has 1 atom stereocenters. The van der Waals surface area contributed by atoms with Gasteiger partial charge in [0.05, 0.1) is 0 Å². The lowest BCUT2D eigenvalue weighted by Crippen LogP contribution is -2.33. The van der Waals surface area contributed by atoms with Crippen molar-refractivity contribution in [2.24, 2.45) is 5.92 Å². The summed E-state index contributed by atoms with van der Waals surface area (Å²) in [5.41, 5.74) is 2.80. The molecule has 0 amide bonds. The van der Waals surface area contributed by atoms with Crippen LogP contribution in [0.3, 0.4) is 0 Å². The Bertz CT molecular complexity index is 396. The molecule has 1 aliphatic carbocycles. The molecule has 0 spiro atoms. The van der Waals surface area contributed by atoms with Crippen LogP contribution in [0.25, 0.3) is 0 Å². The normalized spacial score (nSPS) is 18.6. The summed E-state index contributed by atoms with van der Waals surface area (Å²) in [6.45, 7) is 8.23. The number of benzene rings is 1. The fourth-order valence-corrected chi connectivity index (χ4v) is 3.26. The van der Waals surface area contributed by atoms with Crippen molar-refractivity contribution in [3.8, 4) is 5.75 Å². The third-order valence-electron chi connectivity index (χ3n) is 4.12. The van der Waals surface area contributed by atoms with E-state index in [1.807, 2.05) is 12.1 Å². The Morgan fingerprint density at radius 1 is 1.16 bits per heavy atom. The van der Waals surface area contributed by atoms with Gasteiger partial charge in [-0.25, -0.2) is 0 Å². The van der Waals surface area contributed by atoms with E-state index in [1.165, 1.54) is 56.4 Å². The topological polar surface area (TPSA) is 23.5 Å². The predicted octanol–water partition coefficient (Wildman–Crippen LogP) is 3.62. The van der Waals surface area contributed by atoms with Crippen LogP contribution < -0.4 is 0 Å². The summed E-state index contributed by atoms with van der Waals surface area (Å²) in [4.78, 5) is 2.62. The van der Waals surface area contributed by atoms with Gasteiger partial charge in [0.2, 0.25) is 0 Å². The Morgan fingerprint density at radius 2 is 1.89 bits per heavy atom. The van der Waals surface area contributed by atoms with Gasteiger partial charge >= 0.3 is 0 Å². The molecule has 0 aliphatic heterocycles. The van der Waals surface area contributed by atoms with E-state index in [9.17, 15) is 5.11 Å². The molecule has 0 fully saturated rings. The van der Waals surface area contributed by atoms with E-state index in [0.717, 1.165) is 12.3 Å². The summed E-state index contributed by atoms with van der Waals surface area (Å²) in [5, 5.41) is 9.53. The van der Waals surface area contributed by atoms with Gasteiger partial charge in [0.15, 0.2) is 0 Å². The van der Waals surface area contributed by atoms with E-state index < -0.39 is 0 Å². The average Bonchev–Trinajstić information content (AvgIpc) is 2.39. The largest absolute Gasteiger partial charge is 0.508 e. The van der Waals surface area contributed by atoms with E-state index in [-0.39, 0.29) is 0 Å². The molecule has 2 nitrogen and oxygen atoms in total. The molecule has 2 rings (SSSR count). The van der Waals surface area contributed by atoms with Gasteiger partial charge in [0.1, 0.15) is 5.75 Å². The van der Waals surface area contributed by atoms with Crippen LogP contribution in [0.1, 0.15) is 44.2 Å². The standard InChI is InChI=1S/C17H27NO/c1-3-9-18(10-4-2)13-14-5-6-16-12-17(19)8-7-15(16)11-14/h7-8,12,14,19H,3-6,9-11,13H2,1-2H3. The lowest BCUT2D eigenvalue weighted by molar-refractivity contribution is 0.220. The van der Waals surface area contributed by atoms with E-state index in [4.69, 9.17) is 0 Å². The highest BCUT2D eigenvalue weighted by Crippen LogP contribution is 2.28. The third kappa shape index (κ3) is 3.97. The monoisotopic (exact) mass is 261 g/mol. The average molecular weight is 261 g/mol. The van der Waals surface area contributed by atoms with Crippen molar-refractivity contribution in [2.75, 3.05) is 19.6 Å². The second-order valence-electron chi connectivity index (χ2n) is 5.86. The minimum Gasteiger partial charge on any atom is -0.508 e. The SMILES string of the molecule is CCCN(CCC)CC1CCc2cc(O)ccc2C1. The molecule has 0 bridgehead atoms. The Balaban J connectivity index is 1.95. The molecular formula is C17H27NO. The molecular weight excluding hydrogens is 234 g/mol. The molecule has 2 heteroatoms. The minimum absolute atomic E-state index is 0.413. The molecule has 19 heavy (non-hydrogen) atoms. The Hall–Kier alpha value is -1.02. The molecule has 1 aliphatic rings. The first-order valence-corrected chi connectivity index (χ1v) is 7.76. The number of fused-ring (bicyclic) bond motifs is 1. The van der Waals surface area contributed by atoms with Crippen LogP contribution in [-0.4, -0.2) is 29.6 Å². The Morgan fingerprint density at radius 3 is 2.58 bits per heavy atom. The lowest BCUT2D eigenvalue weighted by atomic mass is 9.83. The van der Waals surface area contributed by atoms with Crippen molar-refractivity contribution in [1.82, 2.24) is 4.90 Å². The fraction of sp³-hybridized carbons (Fsp3) is 0.647. The van der Waals surface area contributed by atoms with Crippen molar-refractivity contribution in [2.45, 2.75) is 46.0 Å². The summed E-state index contributed by atoms with van der Waals surface area (Å²) in [5.74, 6) is 1.20. The second kappa shape index (κ2) is 6.95. The molecule has 1 aromatic carbocycles. The summed E-state index contributed by atoms with van der Waals surface area (Å²) < 4.78 is 0. The summed E-state index contributed by atoms with van der Waals surface area (Å²) in [7, 11) is 0. The van der Waals surface area contributed by atoms with Crippen molar-refractivity contribution in [3.63, 3.8) is 0 Å². The number of phenols is 1. The van der Waals surface area contributed by atoms with Gasteiger partial charge < -0.3 is 10.0 Å². The van der Waals surface area contributed by atoms with Crippen LogP contribution in [0.4, 0.5) is 0 Å².